The van der Waals surface area contributed by atoms with Gasteiger partial charge in [0.05, 0.1) is 10.6 Å². The first-order valence-corrected chi connectivity index (χ1v) is 9.38. The zero-order valence-electron chi connectivity index (χ0n) is 13.1. The van der Waals surface area contributed by atoms with Gasteiger partial charge in [0, 0.05) is 12.1 Å². The van der Waals surface area contributed by atoms with Gasteiger partial charge in [-0.15, -0.1) is 0 Å². The molecule has 2 rings (SSSR count). The third-order valence-corrected chi connectivity index (χ3v) is 5.84. The lowest BCUT2D eigenvalue weighted by Gasteiger charge is -2.21. The van der Waals surface area contributed by atoms with Gasteiger partial charge in [-0.1, -0.05) is 13.3 Å². The molecule has 0 bridgehead atoms. The summed E-state index contributed by atoms with van der Waals surface area (Å²) in [5.74, 6) is -1.29. The molecule has 1 aromatic carbocycles. The second-order valence-corrected chi connectivity index (χ2v) is 7.80. The molecule has 1 fully saturated rings. The maximum Gasteiger partial charge on any atom is 0.326 e. The molecule has 1 amide bonds. The second kappa shape index (κ2) is 7.12. The minimum Gasteiger partial charge on any atom is -0.480 e. The molecule has 1 heterocycles. The number of sulfone groups is 1. The van der Waals surface area contributed by atoms with Gasteiger partial charge in [0.15, 0.2) is 9.84 Å². The molecular formula is C16H21NO5S. The summed E-state index contributed by atoms with van der Waals surface area (Å²) in [6.45, 7) is 2.33. The van der Waals surface area contributed by atoms with Crippen LogP contribution >= 0.6 is 0 Å². The van der Waals surface area contributed by atoms with Crippen LogP contribution in [-0.2, 0) is 14.6 Å². The van der Waals surface area contributed by atoms with E-state index in [2.05, 4.69) is 0 Å². The van der Waals surface area contributed by atoms with E-state index < -0.39 is 21.8 Å². The van der Waals surface area contributed by atoms with Crippen molar-refractivity contribution in [1.82, 2.24) is 4.90 Å². The molecule has 7 heteroatoms. The average Bonchev–Trinajstić information content (AvgIpc) is 3.02. The summed E-state index contributed by atoms with van der Waals surface area (Å²) in [5.41, 5.74) is 0.313. The first-order chi connectivity index (χ1) is 10.9. The SMILES string of the molecule is CCCCS(=O)(=O)c1ccc(C(=O)N2CCC[C@@H]2C(=O)O)cc1. The van der Waals surface area contributed by atoms with E-state index in [-0.39, 0.29) is 16.6 Å². The van der Waals surface area contributed by atoms with Gasteiger partial charge in [0.1, 0.15) is 6.04 Å². The molecule has 23 heavy (non-hydrogen) atoms. The minimum atomic E-state index is -3.33. The van der Waals surface area contributed by atoms with Crippen molar-refractivity contribution in [3.05, 3.63) is 29.8 Å². The molecule has 1 aromatic rings. The number of benzene rings is 1. The van der Waals surface area contributed by atoms with Crippen molar-refractivity contribution in [1.29, 1.82) is 0 Å². The lowest BCUT2D eigenvalue weighted by molar-refractivity contribution is -0.141. The number of carboxylic acid groups (broad SMARTS) is 1. The first kappa shape index (κ1) is 17.5. The number of amides is 1. The molecule has 0 saturated carbocycles. The molecule has 1 aliphatic rings. The Kier molecular flexibility index (Phi) is 5.41. The predicted octanol–water partition coefficient (Wildman–Crippen LogP) is 1.95. The van der Waals surface area contributed by atoms with Crippen LogP contribution in [-0.4, -0.2) is 48.6 Å². The van der Waals surface area contributed by atoms with Crippen molar-refractivity contribution in [2.75, 3.05) is 12.3 Å². The van der Waals surface area contributed by atoms with Crippen LogP contribution in [0.1, 0.15) is 43.0 Å². The summed E-state index contributed by atoms with van der Waals surface area (Å²) >= 11 is 0. The number of likely N-dealkylation sites (tertiary alicyclic amines) is 1. The van der Waals surface area contributed by atoms with Crippen LogP contribution < -0.4 is 0 Å². The van der Waals surface area contributed by atoms with Crippen molar-refractivity contribution in [3.63, 3.8) is 0 Å². The van der Waals surface area contributed by atoms with Crippen LogP contribution in [0.5, 0.6) is 0 Å². The van der Waals surface area contributed by atoms with Crippen LogP contribution in [0.25, 0.3) is 0 Å². The highest BCUT2D eigenvalue weighted by atomic mass is 32.2. The number of carbonyl (C=O) groups excluding carboxylic acids is 1. The van der Waals surface area contributed by atoms with E-state index >= 15 is 0 Å². The van der Waals surface area contributed by atoms with Crippen molar-refractivity contribution < 1.29 is 23.1 Å². The largest absolute Gasteiger partial charge is 0.480 e. The number of carbonyl (C=O) groups is 2. The zero-order valence-corrected chi connectivity index (χ0v) is 13.9. The summed E-state index contributed by atoms with van der Waals surface area (Å²) in [5, 5.41) is 9.14. The second-order valence-electron chi connectivity index (χ2n) is 5.69. The predicted molar refractivity (Wildman–Crippen MR) is 85.1 cm³/mol. The van der Waals surface area contributed by atoms with Gasteiger partial charge in [-0.2, -0.15) is 0 Å². The molecule has 0 radical (unpaired) electrons. The fraction of sp³-hybridized carbons (Fsp3) is 0.500. The van der Waals surface area contributed by atoms with Crippen molar-refractivity contribution in [2.45, 2.75) is 43.5 Å². The normalized spacial score (nSPS) is 18.1. The molecule has 1 aliphatic heterocycles. The molecule has 0 spiro atoms. The molecule has 0 aliphatic carbocycles. The van der Waals surface area contributed by atoms with Gasteiger partial charge in [-0.05, 0) is 43.5 Å². The lowest BCUT2D eigenvalue weighted by atomic mass is 10.1. The van der Waals surface area contributed by atoms with Crippen LogP contribution in [0.4, 0.5) is 0 Å². The summed E-state index contributed by atoms with van der Waals surface area (Å²) in [4.78, 5) is 25.1. The number of aliphatic carboxylic acids is 1. The third kappa shape index (κ3) is 3.90. The van der Waals surface area contributed by atoms with Gasteiger partial charge >= 0.3 is 5.97 Å². The smallest absolute Gasteiger partial charge is 0.326 e. The monoisotopic (exact) mass is 339 g/mol. The number of unbranched alkanes of at least 4 members (excludes halogenated alkanes) is 1. The molecule has 0 unspecified atom stereocenters. The number of hydrogen-bond donors (Lipinski definition) is 1. The van der Waals surface area contributed by atoms with E-state index in [0.717, 1.165) is 6.42 Å². The van der Waals surface area contributed by atoms with Gasteiger partial charge in [-0.3, -0.25) is 4.79 Å². The van der Waals surface area contributed by atoms with Crippen molar-refractivity contribution in [3.8, 4) is 0 Å². The number of rotatable bonds is 6. The molecule has 1 N–H and O–H groups in total. The summed E-state index contributed by atoms with van der Waals surface area (Å²) in [6.07, 6.45) is 2.50. The molecule has 1 atom stereocenters. The summed E-state index contributed by atoms with van der Waals surface area (Å²) in [7, 11) is -3.33. The topological polar surface area (TPSA) is 91.8 Å². The van der Waals surface area contributed by atoms with Crippen molar-refractivity contribution in [2.24, 2.45) is 0 Å². The summed E-state index contributed by atoms with van der Waals surface area (Å²) < 4.78 is 24.2. The van der Waals surface area contributed by atoms with Gasteiger partial charge in [0.25, 0.3) is 5.91 Å². The highest BCUT2D eigenvalue weighted by Crippen LogP contribution is 2.21. The van der Waals surface area contributed by atoms with E-state index in [0.29, 0.717) is 31.4 Å². The highest BCUT2D eigenvalue weighted by Gasteiger charge is 2.34. The number of carboxylic acids is 1. The Morgan fingerprint density at radius 2 is 1.91 bits per heavy atom. The van der Waals surface area contributed by atoms with E-state index in [1.807, 2.05) is 6.92 Å². The maximum atomic E-state index is 12.4. The van der Waals surface area contributed by atoms with Gasteiger partial charge < -0.3 is 10.0 Å². The van der Waals surface area contributed by atoms with Crippen LogP contribution in [0, 0.1) is 0 Å². The number of hydrogen-bond acceptors (Lipinski definition) is 4. The van der Waals surface area contributed by atoms with Crippen LogP contribution in [0.3, 0.4) is 0 Å². The number of nitrogens with zero attached hydrogens (tertiary/aromatic N) is 1. The van der Waals surface area contributed by atoms with E-state index in [4.69, 9.17) is 5.11 Å². The molecular weight excluding hydrogens is 318 g/mol. The Labute approximate surface area is 136 Å². The molecule has 126 valence electrons. The molecule has 1 saturated heterocycles. The first-order valence-electron chi connectivity index (χ1n) is 7.73. The third-order valence-electron chi connectivity index (χ3n) is 4.03. The Bertz CT molecular complexity index is 681. The molecule has 0 aromatic heterocycles. The van der Waals surface area contributed by atoms with Crippen LogP contribution in [0.2, 0.25) is 0 Å². The van der Waals surface area contributed by atoms with E-state index in [9.17, 15) is 18.0 Å². The van der Waals surface area contributed by atoms with Crippen molar-refractivity contribution >= 4 is 21.7 Å². The fourth-order valence-electron chi connectivity index (χ4n) is 2.69. The fourth-order valence-corrected chi connectivity index (χ4v) is 4.14. The quantitative estimate of drug-likeness (QED) is 0.855. The summed E-state index contributed by atoms with van der Waals surface area (Å²) in [6, 6.07) is 4.96. The highest BCUT2D eigenvalue weighted by molar-refractivity contribution is 7.91. The van der Waals surface area contributed by atoms with Crippen LogP contribution in [0.15, 0.2) is 29.2 Å². The average molecular weight is 339 g/mol. The Morgan fingerprint density at radius 3 is 2.48 bits per heavy atom. The zero-order chi connectivity index (χ0) is 17.0. The Balaban J connectivity index is 2.16. The molecule has 6 nitrogen and oxygen atoms in total. The Morgan fingerprint density at radius 1 is 1.26 bits per heavy atom. The van der Waals surface area contributed by atoms with E-state index in [1.54, 1.807) is 0 Å². The standard InChI is InChI=1S/C16H21NO5S/c1-2-3-11-23(21,22)13-8-6-12(7-9-13)15(18)17-10-4-5-14(17)16(19)20/h6-9,14H,2-5,10-11H2,1H3,(H,19,20)/t14-/m1/s1. The Hall–Kier alpha value is -1.89. The van der Waals surface area contributed by atoms with Gasteiger partial charge in [-0.25, -0.2) is 13.2 Å². The van der Waals surface area contributed by atoms with E-state index in [1.165, 1.54) is 29.2 Å². The lowest BCUT2D eigenvalue weighted by Crippen LogP contribution is -2.40. The van der Waals surface area contributed by atoms with Gasteiger partial charge in [0.2, 0.25) is 0 Å². The minimum absolute atomic E-state index is 0.0873. The maximum absolute atomic E-state index is 12.4.